The van der Waals surface area contributed by atoms with Gasteiger partial charge < -0.3 is 10.4 Å². The molecule has 0 saturated carbocycles. The van der Waals surface area contributed by atoms with E-state index < -0.39 is 5.97 Å². The summed E-state index contributed by atoms with van der Waals surface area (Å²) in [5, 5.41) is 12.5. The van der Waals surface area contributed by atoms with Crippen LogP contribution in [0.4, 0.5) is 5.69 Å². The lowest BCUT2D eigenvalue weighted by molar-refractivity contribution is 0.0696. The van der Waals surface area contributed by atoms with Crippen molar-refractivity contribution in [2.75, 3.05) is 5.32 Å². The van der Waals surface area contributed by atoms with Crippen molar-refractivity contribution in [3.63, 3.8) is 0 Å². The molecule has 104 valence electrons. The molecule has 0 fully saturated rings. The van der Waals surface area contributed by atoms with E-state index in [9.17, 15) is 9.59 Å². The van der Waals surface area contributed by atoms with E-state index >= 15 is 0 Å². The van der Waals surface area contributed by atoms with Gasteiger partial charge in [-0.2, -0.15) is 0 Å². The van der Waals surface area contributed by atoms with Gasteiger partial charge in [-0.3, -0.25) is 4.79 Å². The van der Waals surface area contributed by atoms with Gasteiger partial charge in [0.1, 0.15) is 4.88 Å². The van der Waals surface area contributed by atoms with Crippen LogP contribution in [-0.2, 0) is 0 Å². The van der Waals surface area contributed by atoms with Crippen LogP contribution in [0.15, 0.2) is 22.7 Å². The maximum atomic E-state index is 12.1. The van der Waals surface area contributed by atoms with Gasteiger partial charge in [0.2, 0.25) is 0 Å². The van der Waals surface area contributed by atoms with Gasteiger partial charge in [0.25, 0.3) is 5.91 Å². The molecule has 0 atom stereocenters. The SMILES string of the molecule is Cc1nc(C)c(C(=O)Nc2cc(Br)cc(C(=O)O)c2)s1. The molecule has 0 spiro atoms. The summed E-state index contributed by atoms with van der Waals surface area (Å²) in [4.78, 5) is 27.8. The second kappa shape index (κ2) is 5.72. The van der Waals surface area contributed by atoms with E-state index in [0.29, 0.717) is 20.7 Å². The number of aryl methyl sites for hydroxylation is 2. The molecule has 1 aromatic carbocycles. The molecule has 0 aliphatic rings. The molecule has 0 aliphatic heterocycles. The van der Waals surface area contributed by atoms with Gasteiger partial charge in [0.15, 0.2) is 0 Å². The number of carboxylic acid groups (broad SMARTS) is 1. The van der Waals surface area contributed by atoms with Gasteiger partial charge in [-0.15, -0.1) is 11.3 Å². The quantitative estimate of drug-likeness (QED) is 0.884. The molecule has 2 aromatic rings. The first kappa shape index (κ1) is 14.7. The lowest BCUT2D eigenvalue weighted by atomic mass is 10.2. The highest BCUT2D eigenvalue weighted by Gasteiger charge is 2.15. The first-order valence-corrected chi connectivity index (χ1v) is 7.27. The maximum Gasteiger partial charge on any atom is 0.335 e. The zero-order chi connectivity index (χ0) is 14.9. The van der Waals surface area contributed by atoms with Gasteiger partial charge >= 0.3 is 5.97 Å². The van der Waals surface area contributed by atoms with Gasteiger partial charge in [0, 0.05) is 10.2 Å². The predicted molar refractivity (Wildman–Crippen MR) is 80.6 cm³/mol. The van der Waals surface area contributed by atoms with E-state index in [0.717, 1.165) is 5.01 Å². The van der Waals surface area contributed by atoms with Gasteiger partial charge in [-0.25, -0.2) is 9.78 Å². The van der Waals surface area contributed by atoms with Crippen LogP contribution < -0.4 is 5.32 Å². The Balaban J connectivity index is 2.28. The van der Waals surface area contributed by atoms with Crippen molar-refractivity contribution in [3.8, 4) is 0 Å². The van der Waals surface area contributed by atoms with E-state index in [1.165, 1.54) is 23.5 Å². The molecule has 7 heteroatoms. The number of nitrogens with one attached hydrogen (secondary N) is 1. The molecule has 5 nitrogen and oxygen atoms in total. The maximum absolute atomic E-state index is 12.1. The Morgan fingerprint density at radius 1 is 1.30 bits per heavy atom. The van der Waals surface area contributed by atoms with E-state index in [2.05, 4.69) is 26.2 Å². The smallest absolute Gasteiger partial charge is 0.335 e. The molecule has 2 rings (SSSR count). The van der Waals surface area contributed by atoms with Crippen LogP contribution in [-0.4, -0.2) is 22.0 Å². The Hall–Kier alpha value is -1.73. The Labute approximate surface area is 127 Å². The monoisotopic (exact) mass is 354 g/mol. The van der Waals surface area contributed by atoms with Crippen LogP contribution in [0, 0.1) is 13.8 Å². The summed E-state index contributed by atoms with van der Waals surface area (Å²) in [5.41, 5.74) is 1.19. The van der Waals surface area contributed by atoms with Gasteiger partial charge in [-0.1, -0.05) is 15.9 Å². The Kier molecular flexibility index (Phi) is 4.20. The third kappa shape index (κ3) is 3.23. The first-order chi connectivity index (χ1) is 9.36. The number of nitrogens with zero attached hydrogens (tertiary/aromatic N) is 1. The average Bonchev–Trinajstić information content (AvgIpc) is 2.67. The van der Waals surface area contributed by atoms with E-state index in [4.69, 9.17) is 5.11 Å². The number of carbonyl (C=O) groups is 2. The van der Waals surface area contributed by atoms with Crippen molar-refractivity contribution in [2.24, 2.45) is 0 Å². The number of benzene rings is 1. The zero-order valence-electron chi connectivity index (χ0n) is 10.7. The molecule has 1 aromatic heterocycles. The van der Waals surface area contributed by atoms with Crippen LogP contribution in [0.5, 0.6) is 0 Å². The fourth-order valence-corrected chi connectivity index (χ4v) is 3.02. The van der Waals surface area contributed by atoms with Crippen LogP contribution in [0.25, 0.3) is 0 Å². The fourth-order valence-electron chi connectivity index (χ4n) is 1.72. The van der Waals surface area contributed by atoms with Crippen molar-refractivity contribution in [1.29, 1.82) is 0 Å². The zero-order valence-corrected chi connectivity index (χ0v) is 13.1. The number of hydrogen-bond acceptors (Lipinski definition) is 4. The molecule has 0 aliphatic carbocycles. The Morgan fingerprint density at radius 3 is 2.55 bits per heavy atom. The molecule has 0 bridgehead atoms. The Morgan fingerprint density at radius 2 is 2.00 bits per heavy atom. The number of hydrogen-bond donors (Lipinski definition) is 2. The minimum atomic E-state index is -1.05. The van der Waals surface area contributed by atoms with Crippen LogP contribution in [0.2, 0.25) is 0 Å². The summed E-state index contributed by atoms with van der Waals surface area (Å²) >= 11 is 4.53. The van der Waals surface area contributed by atoms with Crippen molar-refractivity contribution < 1.29 is 14.7 Å². The topological polar surface area (TPSA) is 79.3 Å². The fraction of sp³-hybridized carbons (Fsp3) is 0.154. The van der Waals surface area contributed by atoms with Crippen molar-refractivity contribution in [2.45, 2.75) is 13.8 Å². The number of aromatic nitrogens is 1. The molecule has 0 radical (unpaired) electrons. The molecule has 0 unspecified atom stereocenters. The standard InChI is InChI=1S/C13H11BrN2O3S/c1-6-11(20-7(2)15-6)12(17)16-10-4-8(13(18)19)3-9(14)5-10/h3-5H,1-2H3,(H,16,17)(H,18,19). The summed E-state index contributed by atoms with van der Waals surface area (Å²) in [6, 6.07) is 4.53. The lowest BCUT2D eigenvalue weighted by Gasteiger charge is -2.06. The molecule has 1 heterocycles. The third-order valence-electron chi connectivity index (χ3n) is 2.51. The highest BCUT2D eigenvalue weighted by Crippen LogP contribution is 2.22. The normalized spacial score (nSPS) is 10.3. The minimum absolute atomic E-state index is 0.104. The van der Waals surface area contributed by atoms with Crippen molar-refractivity contribution in [3.05, 3.63) is 43.8 Å². The van der Waals surface area contributed by atoms with Crippen LogP contribution >= 0.6 is 27.3 Å². The van der Waals surface area contributed by atoms with Crippen molar-refractivity contribution >= 4 is 44.8 Å². The molecule has 2 N–H and O–H groups in total. The summed E-state index contributed by atoms with van der Waals surface area (Å²) < 4.78 is 0.588. The number of carboxylic acids is 1. The average molecular weight is 355 g/mol. The minimum Gasteiger partial charge on any atom is -0.478 e. The number of halogens is 1. The Bertz CT molecular complexity index is 697. The largest absolute Gasteiger partial charge is 0.478 e. The number of carbonyl (C=O) groups excluding carboxylic acids is 1. The second-order valence-electron chi connectivity index (χ2n) is 4.14. The second-order valence-corrected chi connectivity index (χ2v) is 6.25. The molecule has 20 heavy (non-hydrogen) atoms. The van der Waals surface area contributed by atoms with Crippen LogP contribution in [0.3, 0.4) is 0 Å². The number of anilines is 1. The summed E-state index contributed by atoms with van der Waals surface area (Å²) in [5.74, 6) is -1.34. The highest BCUT2D eigenvalue weighted by molar-refractivity contribution is 9.10. The highest BCUT2D eigenvalue weighted by atomic mass is 79.9. The molecular formula is C13H11BrN2O3S. The van der Waals surface area contributed by atoms with Gasteiger partial charge in [0.05, 0.1) is 16.3 Å². The number of rotatable bonds is 3. The van der Waals surface area contributed by atoms with E-state index in [1.807, 2.05) is 6.92 Å². The lowest BCUT2D eigenvalue weighted by Crippen LogP contribution is -2.12. The van der Waals surface area contributed by atoms with Crippen LogP contribution in [0.1, 0.15) is 30.7 Å². The first-order valence-electron chi connectivity index (χ1n) is 5.66. The molecule has 0 saturated heterocycles. The number of amides is 1. The van der Waals surface area contributed by atoms with E-state index in [1.54, 1.807) is 13.0 Å². The summed E-state index contributed by atoms with van der Waals surface area (Å²) in [6.45, 7) is 3.60. The summed E-state index contributed by atoms with van der Waals surface area (Å²) in [7, 11) is 0. The molecule has 1 amide bonds. The number of aromatic carboxylic acids is 1. The summed E-state index contributed by atoms with van der Waals surface area (Å²) in [6.07, 6.45) is 0. The number of thiazole rings is 1. The van der Waals surface area contributed by atoms with Gasteiger partial charge in [-0.05, 0) is 32.0 Å². The predicted octanol–water partition coefficient (Wildman–Crippen LogP) is 3.47. The van der Waals surface area contributed by atoms with Crippen molar-refractivity contribution in [1.82, 2.24) is 4.98 Å². The molecular weight excluding hydrogens is 344 g/mol. The third-order valence-corrected chi connectivity index (χ3v) is 4.04. The van der Waals surface area contributed by atoms with E-state index in [-0.39, 0.29) is 11.5 Å².